The maximum Gasteiger partial charge on any atom is 0.226 e. The predicted octanol–water partition coefficient (Wildman–Crippen LogP) is 3.54. The zero-order valence-corrected chi connectivity index (χ0v) is 17.8. The summed E-state index contributed by atoms with van der Waals surface area (Å²) in [6.45, 7) is 8.04. The zero-order chi connectivity index (χ0) is 19.5. The number of hydrogen-bond acceptors (Lipinski definition) is 7. The van der Waals surface area contributed by atoms with Crippen LogP contribution < -0.4 is 5.32 Å². The number of aromatic nitrogens is 1. The van der Waals surface area contributed by atoms with Crippen LogP contribution in [0.25, 0.3) is 0 Å². The van der Waals surface area contributed by atoms with Crippen LogP contribution in [0, 0.1) is 12.8 Å². The third-order valence-electron chi connectivity index (χ3n) is 3.82. The topological polar surface area (TPSA) is 93.2 Å². The van der Waals surface area contributed by atoms with Gasteiger partial charge in [-0.25, -0.2) is 21.8 Å². The minimum Gasteiger partial charge on any atom is -0.374 e. The van der Waals surface area contributed by atoms with E-state index in [0.29, 0.717) is 12.5 Å². The smallest absolute Gasteiger partial charge is 0.226 e. The standard InChI is InChI=1S/C17H24N2O4S3/c1-5-25(20,21)17-19-16(15(24-17)18-11-10-12(2)3)26(22,23)14-8-6-13(4)7-9-14/h6-9,12,18H,5,10-11H2,1-4H3. The lowest BCUT2D eigenvalue weighted by atomic mass is 10.1. The van der Waals surface area contributed by atoms with Crippen molar-refractivity contribution in [2.24, 2.45) is 5.92 Å². The maximum atomic E-state index is 13.0. The van der Waals surface area contributed by atoms with Gasteiger partial charge in [0.05, 0.1) is 10.6 Å². The van der Waals surface area contributed by atoms with Gasteiger partial charge in [0, 0.05) is 6.54 Å². The average Bonchev–Trinajstić information content (AvgIpc) is 3.01. The molecule has 0 unspecified atom stereocenters. The molecule has 0 fully saturated rings. The molecule has 2 rings (SSSR count). The van der Waals surface area contributed by atoms with Crippen molar-refractivity contribution in [2.45, 2.75) is 48.4 Å². The molecule has 1 aromatic heterocycles. The average molecular weight is 417 g/mol. The van der Waals surface area contributed by atoms with E-state index < -0.39 is 19.7 Å². The van der Waals surface area contributed by atoms with E-state index in [4.69, 9.17) is 0 Å². The Hall–Kier alpha value is -1.45. The van der Waals surface area contributed by atoms with Gasteiger partial charge in [-0.3, -0.25) is 0 Å². The molecular weight excluding hydrogens is 392 g/mol. The summed E-state index contributed by atoms with van der Waals surface area (Å²) in [4.78, 5) is 4.10. The predicted molar refractivity (Wildman–Crippen MR) is 104 cm³/mol. The van der Waals surface area contributed by atoms with E-state index in [0.717, 1.165) is 23.3 Å². The Bertz CT molecular complexity index is 960. The number of anilines is 1. The van der Waals surface area contributed by atoms with Crippen LogP contribution in [0.1, 0.15) is 32.8 Å². The van der Waals surface area contributed by atoms with Gasteiger partial charge >= 0.3 is 0 Å². The molecule has 0 amide bonds. The molecule has 0 spiro atoms. The van der Waals surface area contributed by atoms with E-state index in [1.807, 2.05) is 6.92 Å². The Balaban J connectivity index is 2.52. The van der Waals surface area contributed by atoms with Gasteiger partial charge in [0.2, 0.25) is 24.0 Å². The fourth-order valence-corrected chi connectivity index (χ4v) is 6.16. The van der Waals surface area contributed by atoms with Gasteiger partial charge in [0.25, 0.3) is 0 Å². The van der Waals surface area contributed by atoms with Gasteiger partial charge < -0.3 is 5.32 Å². The normalized spacial score (nSPS) is 12.5. The summed E-state index contributed by atoms with van der Waals surface area (Å²) >= 11 is 0.878. The first-order chi connectivity index (χ1) is 12.1. The van der Waals surface area contributed by atoms with E-state index in [1.165, 1.54) is 19.1 Å². The molecule has 26 heavy (non-hydrogen) atoms. The van der Waals surface area contributed by atoms with Crippen molar-refractivity contribution in [3.8, 4) is 0 Å². The highest BCUT2D eigenvalue weighted by molar-refractivity contribution is 7.94. The van der Waals surface area contributed by atoms with Crippen molar-refractivity contribution in [3.63, 3.8) is 0 Å². The summed E-state index contributed by atoms with van der Waals surface area (Å²) in [7, 11) is -7.50. The van der Waals surface area contributed by atoms with Gasteiger partial charge in [0.15, 0.2) is 5.03 Å². The summed E-state index contributed by atoms with van der Waals surface area (Å²) in [6.07, 6.45) is 0.831. The van der Waals surface area contributed by atoms with Crippen LogP contribution in [-0.4, -0.2) is 34.1 Å². The van der Waals surface area contributed by atoms with Gasteiger partial charge in [-0.1, -0.05) is 49.8 Å². The Kier molecular flexibility index (Phi) is 6.46. The summed E-state index contributed by atoms with van der Waals surface area (Å²) in [6, 6.07) is 6.43. The Morgan fingerprint density at radius 1 is 1.12 bits per heavy atom. The molecule has 0 radical (unpaired) electrons. The first-order valence-electron chi connectivity index (χ1n) is 8.37. The zero-order valence-electron chi connectivity index (χ0n) is 15.3. The Labute approximate surface area is 159 Å². The number of sulfone groups is 2. The summed E-state index contributed by atoms with van der Waals surface area (Å²) in [5, 5.41) is 3.12. The molecule has 0 aliphatic rings. The van der Waals surface area contributed by atoms with Crippen molar-refractivity contribution in [1.82, 2.24) is 4.98 Å². The summed E-state index contributed by atoms with van der Waals surface area (Å²) in [5.74, 6) is 0.308. The lowest BCUT2D eigenvalue weighted by Crippen LogP contribution is -2.09. The van der Waals surface area contributed by atoms with Crippen molar-refractivity contribution in [2.75, 3.05) is 17.6 Å². The van der Waals surface area contributed by atoms with E-state index in [9.17, 15) is 16.8 Å². The van der Waals surface area contributed by atoms with E-state index in [-0.39, 0.29) is 25.0 Å². The number of rotatable bonds is 8. The second-order valence-corrected chi connectivity index (χ2v) is 11.8. The van der Waals surface area contributed by atoms with Crippen LogP contribution in [0.15, 0.2) is 38.5 Å². The van der Waals surface area contributed by atoms with Crippen LogP contribution in [0.2, 0.25) is 0 Å². The lowest BCUT2D eigenvalue weighted by molar-refractivity contribution is 0.589. The van der Waals surface area contributed by atoms with Crippen LogP contribution in [0.4, 0.5) is 5.00 Å². The molecule has 1 aromatic carbocycles. The second kappa shape index (κ2) is 8.06. The quantitative estimate of drug-likeness (QED) is 0.707. The lowest BCUT2D eigenvalue weighted by Gasteiger charge is -2.08. The monoisotopic (exact) mass is 416 g/mol. The van der Waals surface area contributed by atoms with Crippen LogP contribution >= 0.6 is 11.3 Å². The van der Waals surface area contributed by atoms with Crippen LogP contribution in [0.3, 0.4) is 0 Å². The molecule has 9 heteroatoms. The number of hydrogen-bond donors (Lipinski definition) is 1. The van der Waals surface area contributed by atoms with Crippen molar-refractivity contribution >= 4 is 36.0 Å². The molecule has 144 valence electrons. The number of aryl methyl sites for hydroxylation is 1. The molecule has 0 atom stereocenters. The largest absolute Gasteiger partial charge is 0.374 e. The van der Waals surface area contributed by atoms with Gasteiger partial charge in [-0.05, 0) is 31.4 Å². The van der Waals surface area contributed by atoms with Crippen molar-refractivity contribution in [3.05, 3.63) is 29.8 Å². The Morgan fingerprint density at radius 3 is 2.27 bits per heavy atom. The number of nitrogens with one attached hydrogen (secondary N) is 1. The SMILES string of the molecule is CCS(=O)(=O)c1nc(S(=O)(=O)c2ccc(C)cc2)c(NCCC(C)C)s1. The molecule has 0 aliphatic carbocycles. The van der Waals surface area contributed by atoms with E-state index in [1.54, 1.807) is 12.1 Å². The minimum atomic E-state index is -3.91. The van der Waals surface area contributed by atoms with Crippen molar-refractivity contribution < 1.29 is 16.8 Å². The fourth-order valence-electron chi connectivity index (χ4n) is 2.14. The first-order valence-corrected chi connectivity index (χ1v) is 12.3. The number of benzene rings is 1. The summed E-state index contributed by atoms with van der Waals surface area (Å²) < 4.78 is 50.2. The minimum absolute atomic E-state index is 0.0979. The number of thiazole rings is 1. The number of nitrogens with zero attached hydrogens (tertiary/aromatic N) is 1. The molecular formula is C17H24N2O4S3. The highest BCUT2D eigenvalue weighted by Crippen LogP contribution is 2.35. The van der Waals surface area contributed by atoms with Gasteiger partial charge in [0.1, 0.15) is 5.00 Å². The second-order valence-electron chi connectivity index (χ2n) is 6.44. The van der Waals surface area contributed by atoms with Gasteiger partial charge in [-0.2, -0.15) is 0 Å². The third kappa shape index (κ3) is 4.63. The first kappa shape index (κ1) is 20.9. The molecule has 1 heterocycles. The molecule has 1 N–H and O–H groups in total. The highest BCUT2D eigenvalue weighted by atomic mass is 32.2. The molecule has 0 saturated carbocycles. The molecule has 0 aliphatic heterocycles. The van der Waals surface area contributed by atoms with Crippen molar-refractivity contribution in [1.29, 1.82) is 0 Å². The molecule has 0 saturated heterocycles. The molecule has 2 aromatic rings. The highest BCUT2D eigenvalue weighted by Gasteiger charge is 2.29. The third-order valence-corrected chi connectivity index (χ3v) is 8.85. The fraction of sp³-hybridized carbons (Fsp3) is 0.471. The van der Waals surface area contributed by atoms with Gasteiger partial charge in [-0.15, -0.1) is 0 Å². The van der Waals surface area contributed by atoms with Crippen LogP contribution in [0.5, 0.6) is 0 Å². The van der Waals surface area contributed by atoms with E-state index in [2.05, 4.69) is 24.1 Å². The summed E-state index contributed by atoms with van der Waals surface area (Å²) in [5.41, 5.74) is 0.937. The maximum absolute atomic E-state index is 13.0. The molecule has 0 bridgehead atoms. The Morgan fingerprint density at radius 2 is 1.73 bits per heavy atom. The van der Waals surface area contributed by atoms with Crippen LogP contribution in [-0.2, 0) is 19.7 Å². The molecule has 6 nitrogen and oxygen atoms in total. The van der Waals surface area contributed by atoms with E-state index >= 15 is 0 Å².